The molecule has 0 unspecified atom stereocenters. The fourth-order valence-corrected chi connectivity index (χ4v) is 6.69. The van der Waals surface area contributed by atoms with Crippen molar-refractivity contribution in [2.45, 2.75) is 84.0 Å². The molecule has 0 spiro atoms. The van der Waals surface area contributed by atoms with Crippen molar-refractivity contribution < 1.29 is 19.5 Å². The molecule has 1 saturated heterocycles. The summed E-state index contributed by atoms with van der Waals surface area (Å²) in [6.07, 6.45) is 6.40. The summed E-state index contributed by atoms with van der Waals surface area (Å²) in [7, 11) is 3.40. The molecule has 0 radical (unpaired) electrons. The molecule has 3 rings (SSSR count). The lowest BCUT2D eigenvalue weighted by atomic mass is 9.61. The first-order valence-corrected chi connectivity index (χ1v) is 10.3. The van der Waals surface area contributed by atoms with E-state index in [4.69, 9.17) is 9.57 Å². The van der Waals surface area contributed by atoms with Crippen LogP contribution in [-0.2, 0) is 14.4 Å². The quantitative estimate of drug-likeness (QED) is 0.772. The Hall–Kier alpha value is -0.650. The number of carbonyl (C=O) groups is 1. The highest BCUT2D eigenvalue weighted by molar-refractivity contribution is 5.75. The van der Waals surface area contributed by atoms with Gasteiger partial charge >= 0.3 is 5.97 Å². The van der Waals surface area contributed by atoms with Gasteiger partial charge in [-0.1, -0.05) is 20.3 Å². The summed E-state index contributed by atoms with van der Waals surface area (Å²) in [4.78, 5) is 18.5. The molecule has 2 saturated carbocycles. The second-order valence-corrected chi connectivity index (χ2v) is 9.78. The predicted octanol–water partition coefficient (Wildman–Crippen LogP) is 3.40. The van der Waals surface area contributed by atoms with Crippen molar-refractivity contribution in [3.05, 3.63) is 0 Å². The third-order valence-electron chi connectivity index (χ3n) is 7.90. The maximum atomic E-state index is 12.5. The summed E-state index contributed by atoms with van der Waals surface area (Å²) in [6, 6.07) is 0.0311. The van der Waals surface area contributed by atoms with Crippen LogP contribution in [0.5, 0.6) is 0 Å². The molecular formula is C21H37NO4. The predicted molar refractivity (Wildman–Crippen MR) is 100 cm³/mol. The van der Waals surface area contributed by atoms with Crippen LogP contribution in [-0.4, -0.2) is 48.0 Å². The topological polar surface area (TPSA) is 59.0 Å². The van der Waals surface area contributed by atoms with Crippen molar-refractivity contribution in [1.29, 1.82) is 0 Å². The number of aliphatic hydroxyl groups excluding tert-OH is 1. The van der Waals surface area contributed by atoms with Gasteiger partial charge in [-0.15, -0.1) is 0 Å². The molecule has 2 aliphatic carbocycles. The number of fused-ring (bicyclic) bond motifs is 1. The van der Waals surface area contributed by atoms with Crippen LogP contribution in [0.2, 0.25) is 0 Å². The molecule has 1 aliphatic heterocycles. The van der Waals surface area contributed by atoms with E-state index in [-0.39, 0.29) is 29.4 Å². The van der Waals surface area contributed by atoms with Crippen LogP contribution in [0.3, 0.4) is 0 Å². The zero-order valence-corrected chi connectivity index (χ0v) is 17.3. The van der Waals surface area contributed by atoms with Crippen LogP contribution < -0.4 is 0 Å². The zero-order chi connectivity index (χ0) is 19.3. The molecule has 0 aromatic rings. The lowest BCUT2D eigenvalue weighted by molar-refractivity contribution is -0.183. The number of methoxy groups -OCH3 is 1. The van der Waals surface area contributed by atoms with Gasteiger partial charge in [-0.2, -0.15) is 5.06 Å². The molecule has 0 aromatic heterocycles. The van der Waals surface area contributed by atoms with E-state index in [1.165, 1.54) is 20.0 Å². The highest BCUT2D eigenvalue weighted by Crippen LogP contribution is 2.58. The highest BCUT2D eigenvalue weighted by atomic mass is 16.7. The first kappa shape index (κ1) is 20.1. The Morgan fingerprint density at radius 3 is 2.65 bits per heavy atom. The van der Waals surface area contributed by atoms with Crippen molar-refractivity contribution in [3.63, 3.8) is 0 Å². The van der Waals surface area contributed by atoms with Gasteiger partial charge < -0.3 is 9.84 Å². The van der Waals surface area contributed by atoms with Crippen LogP contribution in [0.15, 0.2) is 0 Å². The van der Waals surface area contributed by atoms with E-state index in [0.29, 0.717) is 17.8 Å². The van der Waals surface area contributed by atoms with Gasteiger partial charge in [0, 0.05) is 7.05 Å². The first-order valence-electron chi connectivity index (χ1n) is 10.3. The van der Waals surface area contributed by atoms with E-state index < -0.39 is 5.60 Å². The SMILES string of the molecule is COC(=O)[C@H]1[C@H](C[C@@H](C)[C@H]2CC[C@H]3[C@@H](O)CCC[C@]23C)N(C)OC1(C)C. The maximum Gasteiger partial charge on any atom is 0.313 e. The Kier molecular flexibility index (Phi) is 5.46. The number of hydroxylamine groups is 2. The zero-order valence-electron chi connectivity index (χ0n) is 17.3. The van der Waals surface area contributed by atoms with Crippen molar-refractivity contribution >= 4 is 5.97 Å². The second kappa shape index (κ2) is 7.06. The Labute approximate surface area is 158 Å². The van der Waals surface area contributed by atoms with Gasteiger partial charge in [0.1, 0.15) is 5.92 Å². The van der Waals surface area contributed by atoms with Gasteiger partial charge in [0.15, 0.2) is 0 Å². The molecule has 150 valence electrons. The number of aliphatic hydroxyl groups is 1. The molecule has 0 amide bonds. The smallest absolute Gasteiger partial charge is 0.313 e. The molecule has 0 bridgehead atoms. The minimum atomic E-state index is -0.546. The monoisotopic (exact) mass is 367 g/mol. The fraction of sp³-hybridized carbons (Fsp3) is 0.952. The molecule has 1 N–H and O–H groups in total. The lowest BCUT2D eigenvalue weighted by Crippen LogP contribution is -2.44. The average Bonchev–Trinajstić information content (AvgIpc) is 3.01. The summed E-state index contributed by atoms with van der Waals surface area (Å²) < 4.78 is 5.10. The van der Waals surface area contributed by atoms with Crippen LogP contribution in [0, 0.1) is 29.1 Å². The average molecular weight is 368 g/mol. The highest BCUT2D eigenvalue weighted by Gasteiger charge is 2.55. The normalized spacial score (nSPS) is 43.9. The summed E-state index contributed by atoms with van der Waals surface area (Å²) >= 11 is 0. The third kappa shape index (κ3) is 3.20. The van der Waals surface area contributed by atoms with Crippen LogP contribution in [0.4, 0.5) is 0 Å². The largest absolute Gasteiger partial charge is 0.469 e. The Morgan fingerprint density at radius 2 is 2.00 bits per heavy atom. The van der Waals surface area contributed by atoms with Gasteiger partial charge in [-0.3, -0.25) is 9.63 Å². The van der Waals surface area contributed by atoms with Crippen molar-refractivity contribution in [3.8, 4) is 0 Å². The van der Waals surface area contributed by atoms with Crippen LogP contribution in [0.1, 0.15) is 66.2 Å². The van der Waals surface area contributed by atoms with Crippen molar-refractivity contribution in [2.24, 2.45) is 29.1 Å². The van der Waals surface area contributed by atoms with Crippen molar-refractivity contribution in [2.75, 3.05) is 14.2 Å². The molecular weight excluding hydrogens is 330 g/mol. The molecule has 1 heterocycles. The second-order valence-electron chi connectivity index (χ2n) is 9.78. The van der Waals surface area contributed by atoms with E-state index in [9.17, 15) is 9.90 Å². The van der Waals surface area contributed by atoms with Crippen LogP contribution >= 0.6 is 0 Å². The standard InChI is InChI=1S/C21H37NO4/c1-13(14-9-10-15-17(23)8-7-11-21(14,15)4)12-16-18(19(24)25-6)20(2,3)26-22(16)5/h13-18,23H,7-12H2,1-6H3/t13-,14-,15+,16+,17+,18-,21-/m1/s1. The number of nitrogens with zero attached hydrogens (tertiary/aromatic N) is 1. The third-order valence-corrected chi connectivity index (χ3v) is 7.90. The van der Waals surface area contributed by atoms with Gasteiger partial charge in [-0.25, -0.2) is 0 Å². The molecule has 3 aliphatic rings. The minimum absolute atomic E-state index is 0.0311. The number of rotatable bonds is 4. The molecule has 3 fully saturated rings. The van der Waals surface area contributed by atoms with E-state index in [0.717, 1.165) is 25.7 Å². The summed E-state index contributed by atoms with van der Waals surface area (Å²) in [6.45, 7) is 8.66. The number of esters is 1. The Morgan fingerprint density at radius 1 is 1.31 bits per heavy atom. The van der Waals surface area contributed by atoms with Gasteiger partial charge in [0.05, 0.1) is 24.9 Å². The Bertz CT molecular complexity index is 536. The first-order chi connectivity index (χ1) is 12.1. The molecule has 5 heteroatoms. The summed E-state index contributed by atoms with van der Waals surface area (Å²) in [5.74, 6) is 1.06. The number of hydrogen-bond acceptors (Lipinski definition) is 5. The molecule has 5 nitrogen and oxygen atoms in total. The van der Waals surface area contributed by atoms with Gasteiger partial charge in [0.2, 0.25) is 0 Å². The maximum absolute atomic E-state index is 12.5. The van der Waals surface area contributed by atoms with E-state index in [1.54, 1.807) is 0 Å². The fourth-order valence-electron chi connectivity index (χ4n) is 6.69. The minimum Gasteiger partial charge on any atom is -0.469 e. The van der Waals surface area contributed by atoms with Crippen LogP contribution in [0.25, 0.3) is 0 Å². The number of carbonyl (C=O) groups excluding carboxylic acids is 1. The van der Waals surface area contributed by atoms with E-state index in [1.807, 2.05) is 26.0 Å². The molecule has 26 heavy (non-hydrogen) atoms. The Balaban J connectivity index is 1.76. The van der Waals surface area contributed by atoms with E-state index >= 15 is 0 Å². The van der Waals surface area contributed by atoms with Crippen molar-refractivity contribution in [1.82, 2.24) is 5.06 Å². The molecule has 7 atom stereocenters. The lowest BCUT2D eigenvalue weighted by Gasteiger charge is -2.45. The molecule has 0 aromatic carbocycles. The number of ether oxygens (including phenoxy) is 1. The van der Waals surface area contributed by atoms with E-state index in [2.05, 4.69) is 13.8 Å². The van der Waals surface area contributed by atoms with Gasteiger partial charge in [-0.05, 0) is 69.1 Å². The van der Waals surface area contributed by atoms with Gasteiger partial charge in [0.25, 0.3) is 0 Å². The summed E-state index contributed by atoms with van der Waals surface area (Å²) in [5, 5.41) is 12.4. The summed E-state index contributed by atoms with van der Waals surface area (Å²) in [5.41, 5.74) is -0.319. The number of hydrogen-bond donors (Lipinski definition) is 1.